The van der Waals surface area contributed by atoms with E-state index in [2.05, 4.69) is 5.32 Å². The highest BCUT2D eigenvalue weighted by Gasteiger charge is 2.36. The zero-order valence-electron chi connectivity index (χ0n) is 26.8. The summed E-state index contributed by atoms with van der Waals surface area (Å²) >= 11 is 0. The minimum absolute atomic E-state index is 0.0573. The summed E-state index contributed by atoms with van der Waals surface area (Å²) in [6.45, 7) is 1.38. The lowest BCUT2D eigenvalue weighted by molar-refractivity contribution is -0.140. The Labute approximate surface area is 276 Å². The number of sulfonamides is 1. The van der Waals surface area contributed by atoms with Gasteiger partial charge in [0, 0.05) is 31.1 Å². The second kappa shape index (κ2) is 16.6. The van der Waals surface area contributed by atoms with Crippen LogP contribution in [0.25, 0.3) is 0 Å². The fourth-order valence-corrected chi connectivity index (χ4v) is 6.53. The molecule has 0 radical (unpaired) electrons. The van der Waals surface area contributed by atoms with E-state index in [9.17, 15) is 18.0 Å². The van der Waals surface area contributed by atoms with Gasteiger partial charge in [-0.1, -0.05) is 80.1 Å². The number of methoxy groups -OCH3 is 2. The first kappa shape index (κ1) is 35.0. The first-order valence-electron chi connectivity index (χ1n) is 15.3. The smallest absolute Gasteiger partial charge is 0.264 e. The molecule has 0 aromatic heterocycles. The number of unbranched alkanes of at least 4 members (excludes halogenated alkanes) is 1. The Kier molecular flexibility index (Phi) is 12.3. The Morgan fingerprint density at radius 2 is 1.53 bits per heavy atom. The molecule has 47 heavy (non-hydrogen) atoms. The van der Waals surface area contributed by atoms with Crippen molar-refractivity contribution in [2.75, 3.05) is 31.6 Å². The van der Waals surface area contributed by atoms with Gasteiger partial charge in [-0.25, -0.2) is 12.8 Å². The van der Waals surface area contributed by atoms with Crippen molar-refractivity contribution in [3.05, 3.63) is 120 Å². The van der Waals surface area contributed by atoms with E-state index in [4.69, 9.17) is 9.47 Å². The van der Waals surface area contributed by atoms with Gasteiger partial charge < -0.3 is 19.7 Å². The number of carbonyl (C=O) groups excluding carboxylic acids is 2. The number of rotatable bonds is 16. The molecule has 1 N–H and O–H groups in total. The van der Waals surface area contributed by atoms with Crippen LogP contribution < -0.4 is 19.1 Å². The number of halogens is 1. The summed E-state index contributed by atoms with van der Waals surface area (Å²) in [6.07, 6.45) is 1.69. The van der Waals surface area contributed by atoms with E-state index in [0.29, 0.717) is 12.3 Å². The number of carbonyl (C=O) groups is 2. The minimum Gasteiger partial charge on any atom is -0.497 e. The van der Waals surface area contributed by atoms with Crippen LogP contribution >= 0.6 is 0 Å². The van der Waals surface area contributed by atoms with Crippen molar-refractivity contribution in [2.24, 2.45) is 0 Å². The lowest BCUT2D eigenvalue weighted by Crippen LogP contribution is -2.53. The van der Waals surface area contributed by atoms with Crippen LogP contribution in [0.15, 0.2) is 108 Å². The van der Waals surface area contributed by atoms with Crippen LogP contribution in [0.5, 0.6) is 11.5 Å². The Morgan fingerprint density at radius 3 is 2.17 bits per heavy atom. The fourth-order valence-electron chi connectivity index (χ4n) is 5.09. The number of hydrogen-bond donors (Lipinski definition) is 1. The molecule has 0 bridgehead atoms. The van der Waals surface area contributed by atoms with Crippen molar-refractivity contribution >= 4 is 27.5 Å². The van der Waals surface area contributed by atoms with Gasteiger partial charge in [0.05, 0.1) is 24.8 Å². The Balaban J connectivity index is 1.85. The van der Waals surface area contributed by atoms with Gasteiger partial charge in [-0.3, -0.25) is 13.9 Å². The van der Waals surface area contributed by atoms with Crippen LogP contribution in [-0.2, 0) is 32.6 Å². The molecule has 0 unspecified atom stereocenters. The Hall–Kier alpha value is -4.90. The maximum absolute atomic E-state index is 15.1. The molecule has 2 amide bonds. The highest BCUT2D eigenvalue weighted by molar-refractivity contribution is 7.92. The summed E-state index contributed by atoms with van der Waals surface area (Å²) < 4.78 is 55.5. The largest absolute Gasteiger partial charge is 0.497 e. The second-order valence-corrected chi connectivity index (χ2v) is 12.7. The molecule has 4 aromatic rings. The molecule has 9 nitrogen and oxygen atoms in total. The number of anilines is 1. The van der Waals surface area contributed by atoms with E-state index in [1.807, 2.05) is 37.3 Å². The average Bonchev–Trinajstić information content (AvgIpc) is 3.09. The zero-order chi connectivity index (χ0) is 33.8. The van der Waals surface area contributed by atoms with Crippen molar-refractivity contribution in [3.8, 4) is 11.5 Å². The molecule has 0 aliphatic heterocycles. The molecule has 11 heteroatoms. The fraction of sp³-hybridized carbons (Fsp3) is 0.278. The van der Waals surface area contributed by atoms with Gasteiger partial charge in [-0.05, 0) is 42.3 Å². The Morgan fingerprint density at radius 1 is 0.872 bits per heavy atom. The van der Waals surface area contributed by atoms with Gasteiger partial charge in [0.15, 0.2) is 0 Å². The van der Waals surface area contributed by atoms with Crippen LogP contribution in [0.3, 0.4) is 0 Å². The number of amides is 2. The first-order chi connectivity index (χ1) is 22.7. The standard InChI is InChI=1S/C36H40FN3O6S/c1-4-5-22-38-36(42)33(23-27-14-8-6-9-15-27)39(25-28-16-12-13-19-31(28)37)35(41)26-40(47(43,44)30-17-10-7-11-18-30)32-24-29(45-2)20-21-34(32)46-3/h6-21,24,33H,4-5,22-23,25-26H2,1-3H3,(H,38,42)/t33-/m0/s1. The quantitative estimate of drug-likeness (QED) is 0.157. The second-order valence-electron chi connectivity index (χ2n) is 10.8. The van der Waals surface area contributed by atoms with Crippen molar-refractivity contribution in [3.63, 3.8) is 0 Å². The zero-order valence-corrected chi connectivity index (χ0v) is 27.6. The highest BCUT2D eigenvalue weighted by atomic mass is 32.2. The molecular formula is C36H40FN3O6S. The molecule has 4 aromatic carbocycles. The van der Waals surface area contributed by atoms with Crippen molar-refractivity contribution in [1.82, 2.24) is 10.2 Å². The van der Waals surface area contributed by atoms with Gasteiger partial charge in [0.25, 0.3) is 10.0 Å². The number of benzene rings is 4. The summed E-state index contributed by atoms with van der Waals surface area (Å²) in [4.78, 5) is 29.6. The van der Waals surface area contributed by atoms with E-state index in [0.717, 1.165) is 22.7 Å². The van der Waals surface area contributed by atoms with E-state index >= 15 is 4.39 Å². The van der Waals surface area contributed by atoms with Crippen LogP contribution in [0.4, 0.5) is 10.1 Å². The summed E-state index contributed by atoms with van der Waals surface area (Å²) in [7, 11) is -1.54. The Bertz CT molecular complexity index is 1740. The predicted octanol–water partition coefficient (Wildman–Crippen LogP) is 5.59. The summed E-state index contributed by atoms with van der Waals surface area (Å²) in [5.41, 5.74) is 1.01. The van der Waals surface area contributed by atoms with Crippen LogP contribution in [0.2, 0.25) is 0 Å². The molecule has 4 rings (SSSR count). The predicted molar refractivity (Wildman–Crippen MR) is 179 cm³/mol. The molecular weight excluding hydrogens is 621 g/mol. The number of nitrogens with one attached hydrogen (secondary N) is 1. The van der Waals surface area contributed by atoms with Gasteiger partial charge >= 0.3 is 0 Å². The molecule has 0 heterocycles. The normalized spacial score (nSPS) is 11.7. The molecule has 248 valence electrons. The molecule has 0 fully saturated rings. The van der Waals surface area contributed by atoms with Crippen LogP contribution in [0, 0.1) is 5.82 Å². The van der Waals surface area contributed by atoms with Crippen LogP contribution in [-0.4, -0.2) is 58.5 Å². The highest BCUT2D eigenvalue weighted by Crippen LogP contribution is 2.36. The molecule has 0 spiro atoms. The molecule has 0 aliphatic carbocycles. The number of ether oxygens (including phenoxy) is 2. The van der Waals surface area contributed by atoms with Gasteiger partial charge in [0.2, 0.25) is 11.8 Å². The van der Waals surface area contributed by atoms with Crippen molar-refractivity contribution in [1.29, 1.82) is 0 Å². The number of nitrogens with zero attached hydrogens (tertiary/aromatic N) is 2. The third kappa shape index (κ3) is 8.88. The van der Waals surface area contributed by atoms with E-state index in [1.165, 1.54) is 55.5 Å². The monoisotopic (exact) mass is 661 g/mol. The maximum atomic E-state index is 15.1. The third-order valence-electron chi connectivity index (χ3n) is 7.66. The number of hydrogen-bond acceptors (Lipinski definition) is 6. The molecule has 0 saturated heterocycles. The summed E-state index contributed by atoms with van der Waals surface area (Å²) in [5.74, 6) is -1.19. The minimum atomic E-state index is -4.37. The van der Waals surface area contributed by atoms with Gasteiger partial charge in [-0.2, -0.15) is 0 Å². The summed E-state index contributed by atoms with van der Waals surface area (Å²) in [6, 6.07) is 26.4. The first-order valence-corrected chi connectivity index (χ1v) is 16.8. The lowest BCUT2D eigenvalue weighted by atomic mass is 10.0. The molecule has 1 atom stereocenters. The van der Waals surface area contributed by atoms with Crippen LogP contribution in [0.1, 0.15) is 30.9 Å². The van der Waals surface area contributed by atoms with E-state index in [1.54, 1.807) is 36.4 Å². The van der Waals surface area contributed by atoms with Gasteiger partial charge in [-0.15, -0.1) is 0 Å². The molecule has 0 saturated carbocycles. The van der Waals surface area contributed by atoms with Crippen molar-refractivity contribution < 1.29 is 31.9 Å². The van der Waals surface area contributed by atoms with E-state index < -0.39 is 40.2 Å². The third-order valence-corrected chi connectivity index (χ3v) is 9.44. The lowest BCUT2D eigenvalue weighted by Gasteiger charge is -2.34. The maximum Gasteiger partial charge on any atom is 0.264 e. The van der Waals surface area contributed by atoms with Gasteiger partial charge in [0.1, 0.15) is 29.9 Å². The molecule has 0 aliphatic rings. The SMILES string of the molecule is CCCCNC(=O)[C@H](Cc1ccccc1)N(Cc1ccccc1F)C(=O)CN(c1cc(OC)ccc1OC)S(=O)(=O)c1ccccc1. The van der Waals surface area contributed by atoms with E-state index in [-0.39, 0.29) is 34.9 Å². The topological polar surface area (TPSA) is 105 Å². The summed E-state index contributed by atoms with van der Waals surface area (Å²) in [5, 5.41) is 2.92. The van der Waals surface area contributed by atoms with Crippen molar-refractivity contribution in [2.45, 2.75) is 43.7 Å². The average molecular weight is 662 g/mol.